The zero-order valence-electron chi connectivity index (χ0n) is 11.4. The normalized spacial score (nSPS) is 12.9. The topological polar surface area (TPSA) is 137 Å². The van der Waals surface area contributed by atoms with Gasteiger partial charge in [-0.15, -0.1) is 0 Å². The van der Waals surface area contributed by atoms with Crippen LogP contribution in [0.3, 0.4) is 0 Å². The van der Waals surface area contributed by atoms with E-state index in [1.807, 2.05) is 0 Å². The second-order valence-corrected chi connectivity index (χ2v) is 5.21. The lowest BCUT2D eigenvalue weighted by Crippen LogP contribution is -2.24. The van der Waals surface area contributed by atoms with Crippen molar-refractivity contribution in [3.05, 3.63) is 56.3 Å². The van der Waals surface area contributed by atoms with Crippen molar-refractivity contribution in [1.29, 1.82) is 0 Å². The van der Waals surface area contributed by atoms with E-state index < -0.39 is 23.3 Å². The molecule has 0 saturated heterocycles. The number of nitrogens with zero attached hydrogens (tertiary/aromatic N) is 1. The van der Waals surface area contributed by atoms with Crippen molar-refractivity contribution >= 4 is 35.1 Å². The molecule has 3 amide bonds. The molecule has 0 spiro atoms. The van der Waals surface area contributed by atoms with Crippen LogP contribution in [0.25, 0.3) is 5.69 Å². The fourth-order valence-corrected chi connectivity index (χ4v) is 2.57. The van der Waals surface area contributed by atoms with Gasteiger partial charge in [-0.25, -0.2) is 0 Å². The van der Waals surface area contributed by atoms with E-state index in [0.717, 1.165) is 10.6 Å². The van der Waals surface area contributed by atoms with E-state index in [1.54, 1.807) is 0 Å². The second-order valence-electron chi connectivity index (χ2n) is 4.81. The maximum atomic E-state index is 12.3. The van der Waals surface area contributed by atoms with Crippen LogP contribution >= 0.6 is 11.6 Å². The molecule has 0 aliphatic carbocycles. The van der Waals surface area contributed by atoms with Crippen molar-refractivity contribution in [3.8, 4) is 5.69 Å². The number of hydrogen-bond donors (Lipinski definition) is 3. The molecule has 0 saturated carbocycles. The van der Waals surface area contributed by atoms with E-state index in [9.17, 15) is 19.2 Å². The second kappa shape index (κ2) is 4.96. The summed E-state index contributed by atoms with van der Waals surface area (Å²) in [6, 6.07) is 5.03. The first kappa shape index (κ1) is 14.8. The standard InChI is InChI=1S/C14H9ClN4O4/c15-7-2-1-5(12(17)21)3-8(7)19-9(20)4-6-10(11(19)16)14(23)18-13(6)22/h1-4H,16H2,(H2,17,21)(H,18,22,23). The van der Waals surface area contributed by atoms with Crippen molar-refractivity contribution in [2.24, 2.45) is 5.73 Å². The Morgan fingerprint density at radius 3 is 2.48 bits per heavy atom. The number of rotatable bonds is 2. The Balaban J connectivity index is 2.35. The number of fused-ring (bicyclic) bond motifs is 1. The van der Waals surface area contributed by atoms with E-state index in [4.69, 9.17) is 23.1 Å². The minimum absolute atomic E-state index is 0.0837. The van der Waals surface area contributed by atoms with Gasteiger partial charge in [0.1, 0.15) is 5.82 Å². The Labute approximate surface area is 133 Å². The molecule has 1 aromatic heterocycles. The molecule has 0 radical (unpaired) electrons. The van der Waals surface area contributed by atoms with Gasteiger partial charge in [0.15, 0.2) is 0 Å². The summed E-state index contributed by atoms with van der Waals surface area (Å²) in [6.07, 6.45) is 0. The largest absolute Gasteiger partial charge is 0.384 e. The molecule has 23 heavy (non-hydrogen) atoms. The molecule has 2 heterocycles. The number of pyridine rings is 1. The molecule has 5 N–H and O–H groups in total. The van der Waals surface area contributed by atoms with Crippen LogP contribution in [-0.4, -0.2) is 22.3 Å². The van der Waals surface area contributed by atoms with Gasteiger partial charge >= 0.3 is 0 Å². The molecule has 1 aromatic carbocycles. The summed E-state index contributed by atoms with van der Waals surface area (Å²) in [5.74, 6) is -2.38. The highest BCUT2D eigenvalue weighted by Gasteiger charge is 2.32. The van der Waals surface area contributed by atoms with Gasteiger partial charge in [0, 0.05) is 11.6 Å². The number of carbonyl (C=O) groups is 3. The molecular formula is C14H9ClN4O4. The number of halogens is 1. The predicted molar refractivity (Wildman–Crippen MR) is 81.8 cm³/mol. The van der Waals surface area contributed by atoms with E-state index in [2.05, 4.69) is 5.32 Å². The van der Waals surface area contributed by atoms with Crippen molar-refractivity contribution in [2.45, 2.75) is 0 Å². The van der Waals surface area contributed by atoms with Gasteiger partial charge in [0.05, 0.1) is 21.8 Å². The van der Waals surface area contributed by atoms with Crippen molar-refractivity contribution in [1.82, 2.24) is 9.88 Å². The first-order valence-electron chi connectivity index (χ1n) is 6.32. The van der Waals surface area contributed by atoms with E-state index in [0.29, 0.717) is 0 Å². The van der Waals surface area contributed by atoms with Crippen LogP contribution in [0.15, 0.2) is 29.1 Å². The van der Waals surface area contributed by atoms with Gasteiger partial charge in [0.25, 0.3) is 17.4 Å². The Hall–Kier alpha value is -3.13. The smallest absolute Gasteiger partial charge is 0.262 e. The molecule has 0 atom stereocenters. The molecule has 1 aliphatic heterocycles. The molecule has 1 aliphatic rings. The van der Waals surface area contributed by atoms with Crippen LogP contribution < -0.4 is 22.3 Å². The summed E-state index contributed by atoms with van der Waals surface area (Å²) < 4.78 is 0.950. The quantitative estimate of drug-likeness (QED) is 0.667. The zero-order valence-corrected chi connectivity index (χ0v) is 12.2. The number of nitrogen functional groups attached to an aromatic ring is 1. The number of imide groups is 1. The predicted octanol–water partition coefficient (Wildman–Crippen LogP) is 0.0556. The number of carbonyl (C=O) groups excluding carboxylic acids is 3. The van der Waals surface area contributed by atoms with Crippen LogP contribution in [0.5, 0.6) is 0 Å². The first-order valence-corrected chi connectivity index (χ1v) is 6.70. The lowest BCUT2D eigenvalue weighted by molar-refractivity contribution is 0.0878. The third-order valence-corrected chi connectivity index (χ3v) is 3.74. The monoisotopic (exact) mass is 332 g/mol. The molecule has 8 nitrogen and oxygen atoms in total. The van der Waals surface area contributed by atoms with Crippen LogP contribution in [-0.2, 0) is 0 Å². The van der Waals surface area contributed by atoms with Crippen molar-refractivity contribution in [2.75, 3.05) is 5.73 Å². The van der Waals surface area contributed by atoms with Gasteiger partial charge in [-0.1, -0.05) is 11.6 Å². The van der Waals surface area contributed by atoms with E-state index in [-0.39, 0.29) is 33.2 Å². The number of amides is 3. The summed E-state index contributed by atoms with van der Waals surface area (Å²) >= 11 is 6.06. The Kier molecular flexibility index (Phi) is 3.19. The van der Waals surface area contributed by atoms with Crippen molar-refractivity contribution < 1.29 is 14.4 Å². The van der Waals surface area contributed by atoms with E-state index >= 15 is 0 Å². The first-order chi connectivity index (χ1) is 10.8. The van der Waals surface area contributed by atoms with Gasteiger partial charge in [0.2, 0.25) is 5.91 Å². The molecule has 2 aromatic rings. The minimum Gasteiger partial charge on any atom is -0.384 e. The van der Waals surface area contributed by atoms with Crippen LogP contribution in [0.2, 0.25) is 5.02 Å². The Morgan fingerprint density at radius 2 is 1.83 bits per heavy atom. The number of aromatic nitrogens is 1. The van der Waals surface area contributed by atoms with Crippen LogP contribution in [0.4, 0.5) is 5.82 Å². The van der Waals surface area contributed by atoms with Crippen LogP contribution in [0.1, 0.15) is 31.1 Å². The third kappa shape index (κ3) is 2.16. The molecule has 116 valence electrons. The lowest BCUT2D eigenvalue weighted by Gasteiger charge is -2.14. The van der Waals surface area contributed by atoms with Crippen LogP contribution in [0, 0.1) is 0 Å². The zero-order chi connectivity index (χ0) is 16.9. The van der Waals surface area contributed by atoms with Crippen molar-refractivity contribution in [3.63, 3.8) is 0 Å². The third-order valence-electron chi connectivity index (χ3n) is 3.42. The van der Waals surface area contributed by atoms with Gasteiger partial charge in [-0.3, -0.25) is 29.1 Å². The molecule has 9 heteroatoms. The van der Waals surface area contributed by atoms with E-state index in [1.165, 1.54) is 18.2 Å². The van der Waals surface area contributed by atoms with Gasteiger partial charge in [-0.2, -0.15) is 0 Å². The lowest BCUT2D eigenvalue weighted by atomic mass is 10.1. The van der Waals surface area contributed by atoms with Gasteiger partial charge in [-0.05, 0) is 18.2 Å². The molecule has 3 rings (SSSR count). The summed E-state index contributed by atoms with van der Waals surface area (Å²) in [4.78, 5) is 47.0. The molecular weight excluding hydrogens is 324 g/mol. The Bertz CT molecular complexity index is 964. The average molecular weight is 333 g/mol. The Morgan fingerprint density at radius 1 is 1.13 bits per heavy atom. The van der Waals surface area contributed by atoms with Gasteiger partial charge < -0.3 is 11.5 Å². The number of primary amides is 1. The summed E-state index contributed by atoms with van der Waals surface area (Å²) in [7, 11) is 0. The highest BCUT2D eigenvalue weighted by molar-refractivity contribution is 6.32. The molecule has 0 fully saturated rings. The molecule has 0 unspecified atom stereocenters. The maximum Gasteiger partial charge on any atom is 0.262 e. The summed E-state index contributed by atoms with van der Waals surface area (Å²) in [5, 5.41) is 2.17. The average Bonchev–Trinajstić information content (AvgIpc) is 2.75. The molecule has 0 bridgehead atoms. The number of nitrogens with one attached hydrogen (secondary N) is 1. The number of hydrogen-bond acceptors (Lipinski definition) is 5. The fourth-order valence-electron chi connectivity index (χ4n) is 2.37. The number of anilines is 1. The highest BCUT2D eigenvalue weighted by atomic mass is 35.5. The fraction of sp³-hybridized carbons (Fsp3) is 0. The minimum atomic E-state index is -0.719. The summed E-state index contributed by atoms with van der Waals surface area (Å²) in [5.41, 5.74) is 10.4. The summed E-state index contributed by atoms with van der Waals surface area (Å²) in [6.45, 7) is 0. The SMILES string of the molecule is NC(=O)c1ccc(Cl)c(-n2c(N)c3c(cc2=O)C(=O)NC3=O)c1. The number of nitrogens with two attached hydrogens (primary N) is 2. The maximum absolute atomic E-state index is 12.3. The number of benzene rings is 1. The highest BCUT2D eigenvalue weighted by Crippen LogP contribution is 2.27.